The first-order valence-corrected chi connectivity index (χ1v) is 11.8. The Labute approximate surface area is 208 Å². The van der Waals surface area contributed by atoms with Gasteiger partial charge in [0.25, 0.3) is 5.91 Å². The quantitative estimate of drug-likeness (QED) is 0.438. The highest BCUT2D eigenvalue weighted by atomic mass is 19.1. The van der Waals surface area contributed by atoms with E-state index in [-0.39, 0.29) is 24.6 Å². The van der Waals surface area contributed by atoms with Gasteiger partial charge in [-0.15, -0.1) is 0 Å². The lowest BCUT2D eigenvalue weighted by Crippen LogP contribution is -2.40. The smallest absolute Gasteiger partial charge is 0.412 e. The van der Waals surface area contributed by atoms with Gasteiger partial charge in [-0.3, -0.25) is 14.9 Å². The van der Waals surface area contributed by atoms with Gasteiger partial charge in [-0.05, 0) is 74.7 Å². The van der Waals surface area contributed by atoms with Crippen LogP contribution in [0.2, 0.25) is 0 Å². The van der Waals surface area contributed by atoms with Crippen LogP contribution in [0.15, 0.2) is 54.6 Å². The van der Waals surface area contributed by atoms with Crippen molar-refractivity contribution in [3.05, 3.63) is 77.4 Å². The fourth-order valence-electron chi connectivity index (χ4n) is 4.36. The Morgan fingerprint density at radius 2 is 1.56 bits per heavy atom. The van der Waals surface area contributed by atoms with E-state index in [9.17, 15) is 23.2 Å². The molecule has 0 radical (unpaired) electrons. The van der Waals surface area contributed by atoms with Crippen molar-refractivity contribution < 1.29 is 27.9 Å². The van der Waals surface area contributed by atoms with Gasteiger partial charge in [0, 0.05) is 19.0 Å². The van der Waals surface area contributed by atoms with Gasteiger partial charge in [0.2, 0.25) is 0 Å². The minimum absolute atomic E-state index is 0.266. The summed E-state index contributed by atoms with van der Waals surface area (Å²) in [5.41, 5.74) is -0.340. The number of anilines is 1. The van der Waals surface area contributed by atoms with Gasteiger partial charge in [0.05, 0.1) is 16.8 Å². The minimum Gasteiger partial charge on any atom is -0.444 e. The number of halogens is 2. The molecule has 1 aliphatic rings. The molecule has 4 rings (SSSR count). The Morgan fingerprint density at radius 3 is 2.19 bits per heavy atom. The number of likely N-dealkylation sites (tertiary alicyclic amines) is 1. The lowest BCUT2D eigenvalue weighted by Gasteiger charge is -2.32. The summed E-state index contributed by atoms with van der Waals surface area (Å²) in [4.78, 5) is 40.4. The first kappa shape index (κ1) is 25.3. The molecule has 1 heterocycles. The third-order valence-corrected chi connectivity index (χ3v) is 6.10. The molecule has 6 nitrogen and oxygen atoms in total. The van der Waals surface area contributed by atoms with E-state index in [1.165, 1.54) is 0 Å². The first-order valence-electron chi connectivity index (χ1n) is 11.8. The van der Waals surface area contributed by atoms with Crippen molar-refractivity contribution in [1.29, 1.82) is 0 Å². The molecular weight excluding hydrogens is 466 g/mol. The standard InChI is InChI=1S/C28H28F2N2O4/c1-28(2,3)36-27(35)31-24-15-19-7-5-4-6-18(19)14-22(24)26(34)32-12-10-17(11-13-32)25(33)21-16-20(29)8-9-23(21)30/h4-9,14-17H,10-13H2,1-3H3,(H,31,35). The molecule has 1 saturated heterocycles. The Kier molecular flexibility index (Phi) is 7.06. The number of benzene rings is 3. The fourth-order valence-corrected chi connectivity index (χ4v) is 4.36. The Hall–Kier alpha value is -3.81. The van der Waals surface area contributed by atoms with Gasteiger partial charge in [-0.1, -0.05) is 24.3 Å². The number of carbonyl (C=O) groups excluding carboxylic acids is 3. The number of Topliss-reactive ketones (excluding diaryl/α,β-unsaturated/α-hetero) is 1. The topological polar surface area (TPSA) is 75.7 Å². The average molecular weight is 495 g/mol. The zero-order chi connectivity index (χ0) is 26.0. The highest BCUT2D eigenvalue weighted by Gasteiger charge is 2.31. The third kappa shape index (κ3) is 5.70. The predicted molar refractivity (Wildman–Crippen MR) is 133 cm³/mol. The number of rotatable bonds is 4. The van der Waals surface area contributed by atoms with Gasteiger partial charge >= 0.3 is 6.09 Å². The fraction of sp³-hybridized carbons (Fsp3) is 0.321. The first-order chi connectivity index (χ1) is 17.0. The number of carbonyl (C=O) groups is 3. The Balaban J connectivity index is 1.53. The van der Waals surface area contributed by atoms with Crippen LogP contribution in [0.4, 0.5) is 19.3 Å². The maximum atomic E-state index is 14.1. The number of fused-ring (bicyclic) bond motifs is 1. The van der Waals surface area contributed by atoms with E-state index in [0.29, 0.717) is 24.1 Å². The van der Waals surface area contributed by atoms with E-state index >= 15 is 0 Å². The van der Waals surface area contributed by atoms with Gasteiger partial charge in [-0.2, -0.15) is 0 Å². The van der Waals surface area contributed by atoms with Gasteiger partial charge < -0.3 is 9.64 Å². The summed E-state index contributed by atoms with van der Waals surface area (Å²) in [5.74, 6) is -2.70. The molecule has 0 bridgehead atoms. The van der Waals surface area contributed by atoms with E-state index in [0.717, 1.165) is 29.0 Å². The number of ether oxygens (including phenoxy) is 1. The number of amides is 2. The summed E-state index contributed by atoms with van der Waals surface area (Å²) in [6, 6.07) is 13.8. The Bertz CT molecular complexity index is 1320. The molecule has 0 spiro atoms. The van der Waals surface area contributed by atoms with Crippen LogP contribution < -0.4 is 5.32 Å². The van der Waals surface area contributed by atoms with Crippen LogP contribution in [0.25, 0.3) is 10.8 Å². The van der Waals surface area contributed by atoms with Crippen molar-refractivity contribution in [1.82, 2.24) is 4.90 Å². The van der Waals surface area contributed by atoms with Gasteiger partial charge in [-0.25, -0.2) is 13.6 Å². The molecule has 8 heteroatoms. The van der Waals surface area contributed by atoms with Crippen LogP contribution in [0.3, 0.4) is 0 Å². The molecule has 3 aromatic carbocycles. The van der Waals surface area contributed by atoms with Crippen LogP contribution in [-0.4, -0.2) is 41.4 Å². The van der Waals surface area contributed by atoms with Gasteiger partial charge in [0.15, 0.2) is 5.78 Å². The lowest BCUT2D eigenvalue weighted by molar-refractivity contribution is 0.0633. The summed E-state index contributed by atoms with van der Waals surface area (Å²) in [5, 5.41) is 4.38. The summed E-state index contributed by atoms with van der Waals surface area (Å²) < 4.78 is 33.0. The molecule has 1 N–H and O–H groups in total. The van der Waals surface area contributed by atoms with E-state index in [1.807, 2.05) is 24.3 Å². The van der Waals surface area contributed by atoms with E-state index in [2.05, 4.69) is 5.32 Å². The van der Waals surface area contributed by atoms with Crippen LogP contribution in [0, 0.1) is 17.6 Å². The molecule has 0 aliphatic carbocycles. The summed E-state index contributed by atoms with van der Waals surface area (Å²) in [6.45, 7) is 5.79. The second-order valence-electron chi connectivity index (χ2n) is 9.93. The second-order valence-corrected chi connectivity index (χ2v) is 9.93. The molecule has 36 heavy (non-hydrogen) atoms. The molecule has 0 atom stereocenters. The zero-order valence-electron chi connectivity index (χ0n) is 20.4. The lowest BCUT2D eigenvalue weighted by atomic mass is 9.88. The highest BCUT2D eigenvalue weighted by Crippen LogP contribution is 2.29. The minimum atomic E-state index is -0.756. The van der Waals surface area contributed by atoms with E-state index in [1.54, 1.807) is 37.8 Å². The number of hydrogen-bond donors (Lipinski definition) is 1. The van der Waals surface area contributed by atoms with Crippen molar-refractivity contribution in [3.8, 4) is 0 Å². The number of ketones is 1. The van der Waals surface area contributed by atoms with Crippen molar-refractivity contribution >= 4 is 34.2 Å². The molecule has 0 unspecified atom stereocenters. The SMILES string of the molecule is CC(C)(C)OC(=O)Nc1cc2ccccc2cc1C(=O)N1CCC(C(=O)c2cc(F)ccc2F)CC1. The second kappa shape index (κ2) is 10.0. The van der Waals surface area contributed by atoms with Crippen molar-refractivity contribution in [2.45, 2.75) is 39.2 Å². The number of nitrogens with zero attached hydrogens (tertiary/aromatic N) is 1. The van der Waals surface area contributed by atoms with Crippen LogP contribution in [-0.2, 0) is 4.74 Å². The van der Waals surface area contributed by atoms with Crippen LogP contribution in [0.1, 0.15) is 54.3 Å². The molecule has 1 aliphatic heterocycles. The zero-order valence-corrected chi connectivity index (χ0v) is 20.4. The van der Waals surface area contributed by atoms with E-state index in [4.69, 9.17) is 4.74 Å². The molecule has 1 fully saturated rings. The molecule has 188 valence electrons. The maximum absolute atomic E-state index is 14.1. The number of nitrogens with one attached hydrogen (secondary N) is 1. The summed E-state index contributed by atoms with van der Waals surface area (Å²) in [6.07, 6.45) is -0.0282. The van der Waals surface area contributed by atoms with Gasteiger partial charge in [0.1, 0.15) is 17.2 Å². The monoisotopic (exact) mass is 494 g/mol. The normalized spacial score (nSPS) is 14.5. The van der Waals surface area contributed by atoms with E-state index < -0.39 is 35.0 Å². The highest BCUT2D eigenvalue weighted by molar-refractivity contribution is 6.07. The van der Waals surface area contributed by atoms with Crippen molar-refractivity contribution in [3.63, 3.8) is 0 Å². The summed E-state index contributed by atoms with van der Waals surface area (Å²) >= 11 is 0. The van der Waals surface area contributed by atoms with Crippen LogP contribution >= 0.6 is 0 Å². The largest absolute Gasteiger partial charge is 0.444 e. The molecule has 3 aromatic rings. The summed E-state index contributed by atoms with van der Waals surface area (Å²) in [7, 11) is 0. The molecular formula is C28H28F2N2O4. The van der Waals surface area contributed by atoms with Crippen LogP contribution in [0.5, 0.6) is 0 Å². The Morgan fingerprint density at radius 1 is 0.917 bits per heavy atom. The van der Waals surface area contributed by atoms with Crippen molar-refractivity contribution in [2.24, 2.45) is 5.92 Å². The maximum Gasteiger partial charge on any atom is 0.412 e. The predicted octanol–water partition coefficient (Wildman–Crippen LogP) is 6.20. The molecule has 0 aromatic heterocycles. The van der Waals surface area contributed by atoms with Crippen molar-refractivity contribution in [2.75, 3.05) is 18.4 Å². The number of piperidine rings is 1. The average Bonchev–Trinajstić information content (AvgIpc) is 2.83. The molecule has 0 saturated carbocycles. The number of hydrogen-bond acceptors (Lipinski definition) is 4. The molecule has 2 amide bonds. The third-order valence-electron chi connectivity index (χ3n) is 6.10.